The highest BCUT2D eigenvalue weighted by Crippen LogP contribution is 2.38. The van der Waals surface area contributed by atoms with E-state index in [1.54, 1.807) is 23.8 Å². The molecule has 2 aromatic carbocycles. The summed E-state index contributed by atoms with van der Waals surface area (Å²) in [5, 5.41) is 10.5. The minimum Gasteiger partial charge on any atom is -0.504 e. The Hall–Kier alpha value is -4.10. The number of aryl methyl sites for hydroxylation is 4. The molecule has 5 aromatic rings. The summed E-state index contributed by atoms with van der Waals surface area (Å²) in [7, 11) is 0. The predicted molar refractivity (Wildman–Crippen MR) is 146 cm³/mol. The normalized spacial score (nSPS) is 11.1. The Labute approximate surface area is 218 Å². The SMILES string of the molecule is Cc1cccnc1-c1sc(-c2c(C)nc(-c3cccc(F)c3O)n(CCc3ccccc3)c2=O)cc1C. The van der Waals surface area contributed by atoms with E-state index in [9.17, 15) is 14.3 Å². The van der Waals surface area contributed by atoms with Gasteiger partial charge in [-0.05, 0) is 68.1 Å². The number of hydrogen-bond donors (Lipinski definition) is 1. The molecule has 0 bridgehead atoms. The van der Waals surface area contributed by atoms with Crippen LogP contribution in [0.15, 0.2) is 77.7 Å². The molecular formula is C30H26FN3O2S. The molecule has 0 unspecified atom stereocenters. The number of aromatic hydroxyl groups is 1. The molecule has 7 heteroatoms. The lowest BCUT2D eigenvalue weighted by Crippen LogP contribution is -2.27. The van der Waals surface area contributed by atoms with Crippen LogP contribution in [0.3, 0.4) is 0 Å². The smallest absolute Gasteiger partial charge is 0.262 e. The second-order valence-corrected chi connectivity index (χ2v) is 10.1. The third kappa shape index (κ3) is 4.70. The van der Waals surface area contributed by atoms with Gasteiger partial charge >= 0.3 is 0 Å². The average molecular weight is 512 g/mol. The summed E-state index contributed by atoms with van der Waals surface area (Å²) in [5.74, 6) is -1.03. The first-order chi connectivity index (χ1) is 17.8. The number of phenolic OH excluding ortho intramolecular Hbond substituents is 1. The molecule has 0 saturated carbocycles. The molecule has 3 heterocycles. The number of para-hydroxylation sites is 1. The van der Waals surface area contributed by atoms with Gasteiger partial charge in [0.2, 0.25) is 0 Å². The maximum atomic E-state index is 14.3. The highest BCUT2D eigenvalue weighted by Gasteiger charge is 2.22. The molecule has 186 valence electrons. The second-order valence-electron chi connectivity index (χ2n) is 9.02. The molecular weight excluding hydrogens is 485 g/mol. The molecule has 0 saturated heterocycles. The zero-order valence-corrected chi connectivity index (χ0v) is 21.6. The molecule has 0 fully saturated rings. The Kier molecular flexibility index (Phi) is 6.72. The molecule has 5 rings (SSSR count). The number of pyridine rings is 1. The van der Waals surface area contributed by atoms with Crippen LogP contribution in [-0.4, -0.2) is 19.6 Å². The lowest BCUT2D eigenvalue weighted by Gasteiger charge is -2.16. The second kappa shape index (κ2) is 10.1. The number of benzene rings is 2. The van der Waals surface area contributed by atoms with Crippen LogP contribution < -0.4 is 5.56 Å². The van der Waals surface area contributed by atoms with Crippen molar-refractivity contribution in [3.05, 3.63) is 111 Å². The van der Waals surface area contributed by atoms with Crippen molar-refractivity contribution in [1.82, 2.24) is 14.5 Å². The topological polar surface area (TPSA) is 68.0 Å². The summed E-state index contributed by atoms with van der Waals surface area (Å²) >= 11 is 1.51. The van der Waals surface area contributed by atoms with Crippen LogP contribution in [0.4, 0.5) is 4.39 Å². The summed E-state index contributed by atoms with van der Waals surface area (Å²) in [6.45, 7) is 6.13. The van der Waals surface area contributed by atoms with Crippen LogP contribution in [0.2, 0.25) is 0 Å². The summed E-state index contributed by atoms with van der Waals surface area (Å²) in [6.07, 6.45) is 2.35. The van der Waals surface area contributed by atoms with E-state index in [1.807, 2.05) is 62.4 Å². The molecule has 37 heavy (non-hydrogen) atoms. The number of rotatable bonds is 6. The molecule has 0 aliphatic heterocycles. The van der Waals surface area contributed by atoms with E-state index in [0.717, 1.165) is 32.1 Å². The Bertz CT molecular complexity index is 1660. The summed E-state index contributed by atoms with van der Waals surface area (Å²) in [6, 6.07) is 20.0. The molecule has 0 amide bonds. The van der Waals surface area contributed by atoms with E-state index in [-0.39, 0.29) is 16.9 Å². The third-order valence-corrected chi connectivity index (χ3v) is 7.69. The van der Waals surface area contributed by atoms with E-state index >= 15 is 0 Å². The summed E-state index contributed by atoms with van der Waals surface area (Å²) in [5.41, 5.74) is 5.03. The average Bonchev–Trinajstić information content (AvgIpc) is 3.26. The van der Waals surface area contributed by atoms with Gasteiger partial charge in [-0.2, -0.15) is 0 Å². The fraction of sp³-hybridized carbons (Fsp3) is 0.167. The number of aromatic nitrogens is 3. The zero-order chi connectivity index (χ0) is 26.1. The van der Waals surface area contributed by atoms with Crippen LogP contribution in [0, 0.1) is 26.6 Å². The monoisotopic (exact) mass is 511 g/mol. The zero-order valence-electron chi connectivity index (χ0n) is 20.8. The van der Waals surface area contributed by atoms with Crippen molar-refractivity contribution >= 4 is 11.3 Å². The highest BCUT2D eigenvalue weighted by atomic mass is 32.1. The Morgan fingerprint density at radius 1 is 0.973 bits per heavy atom. The molecule has 1 N–H and O–H groups in total. The molecule has 5 nitrogen and oxygen atoms in total. The van der Waals surface area contributed by atoms with Gasteiger partial charge in [0.1, 0.15) is 5.82 Å². The Morgan fingerprint density at radius 3 is 2.51 bits per heavy atom. The van der Waals surface area contributed by atoms with Crippen molar-refractivity contribution in [3.8, 4) is 38.1 Å². The van der Waals surface area contributed by atoms with Gasteiger partial charge in [-0.3, -0.25) is 14.3 Å². The van der Waals surface area contributed by atoms with Crippen LogP contribution in [0.25, 0.3) is 32.4 Å². The van der Waals surface area contributed by atoms with Crippen molar-refractivity contribution in [2.75, 3.05) is 0 Å². The maximum absolute atomic E-state index is 14.3. The maximum Gasteiger partial charge on any atom is 0.262 e. The molecule has 0 spiro atoms. The number of hydrogen-bond acceptors (Lipinski definition) is 5. The number of nitrogens with zero attached hydrogens (tertiary/aromatic N) is 3. The van der Waals surface area contributed by atoms with Gasteiger partial charge < -0.3 is 5.11 Å². The highest BCUT2D eigenvalue weighted by molar-refractivity contribution is 7.19. The first kappa shape index (κ1) is 24.6. The lowest BCUT2D eigenvalue weighted by atomic mass is 10.1. The number of halogens is 1. The van der Waals surface area contributed by atoms with E-state index in [4.69, 9.17) is 4.98 Å². The standard InChI is InChI=1S/C30H26FN3O2S/c1-18-9-8-15-32-26(18)28-19(2)17-24(37-28)25-20(3)33-29(22-12-7-13-23(31)27(22)35)34(30(25)36)16-14-21-10-5-4-6-11-21/h4-13,15,17,35H,14,16H2,1-3H3. The molecule has 0 aliphatic rings. The van der Waals surface area contributed by atoms with Crippen molar-refractivity contribution in [2.45, 2.75) is 33.7 Å². The van der Waals surface area contributed by atoms with Gasteiger partial charge in [-0.15, -0.1) is 11.3 Å². The van der Waals surface area contributed by atoms with Crippen molar-refractivity contribution in [3.63, 3.8) is 0 Å². The van der Waals surface area contributed by atoms with Crippen molar-refractivity contribution in [1.29, 1.82) is 0 Å². The predicted octanol–water partition coefficient (Wildman–Crippen LogP) is 6.71. The van der Waals surface area contributed by atoms with Crippen LogP contribution >= 0.6 is 11.3 Å². The fourth-order valence-corrected chi connectivity index (χ4v) is 5.83. The van der Waals surface area contributed by atoms with Crippen LogP contribution in [0.1, 0.15) is 22.4 Å². The van der Waals surface area contributed by atoms with Gasteiger partial charge in [-0.25, -0.2) is 9.37 Å². The summed E-state index contributed by atoms with van der Waals surface area (Å²) in [4.78, 5) is 25.2. The van der Waals surface area contributed by atoms with Crippen LogP contribution in [-0.2, 0) is 13.0 Å². The Morgan fingerprint density at radius 2 is 1.76 bits per heavy atom. The van der Waals surface area contributed by atoms with Gasteiger partial charge in [0.05, 0.1) is 27.4 Å². The van der Waals surface area contributed by atoms with Crippen LogP contribution in [0.5, 0.6) is 5.75 Å². The van der Waals surface area contributed by atoms with E-state index in [0.29, 0.717) is 24.2 Å². The number of phenols is 1. The first-order valence-electron chi connectivity index (χ1n) is 12.0. The molecule has 3 aromatic heterocycles. The van der Waals surface area contributed by atoms with E-state index < -0.39 is 11.6 Å². The molecule has 0 atom stereocenters. The minimum atomic E-state index is -0.757. The summed E-state index contributed by atoms with van der Waals surface area (Å²) < 4.78 is 15.8. The van der Waals surface area contributed by atoms with Crippen molar-refractivity contribution in [2.24, 2.45) is 0 Å². The van der Waals surface area contributed by atoms with E-state index in [1.165, 1.54) is 23.5 Å². The van der Waals surface area contributed by atoms with Gasteiger partial charge in [-0.1, -0.05) is 42.5 Å². The fourth-order valence-electron chi connectivity index (χ4n) is 4.50. The molecule has 0 aliphatic carbocycles. The number of thiophene rings is 1. The molecule has 0 radical (unpaired) electrons. The quantitative estimate of drug-likeness (QED) is 0.275. The largest absolute Gasteiger partial charge is 0.504 e. The van der Waals surface area contributed by atoms with E-state index in [2.05, 4.69) is 4.98 Å². The first-order valence-corrected chi connectivity index (χ1v) is 12.8. The Balaban J connectivity index is 1.68. The lowest BCUT2D eigenvalue weighted by molar-refractivity contribution is 0.433. The van der Waals surface area contributed by atoms with Crippen molar-refractivity contribution < 1.29 is 9.50 Å². The van der Waals surface area contributed by atoms with Gasteiger partial charge in [0.25, 0.3) is 5.56 Å². The minimum absolute atomic E-state index is 0.187. The van der Waals surface area contributed by atoms with Gasteiger partial charge in [0.15, 0.2) is 11.6 Å². The third-order valence-electron chi connectivity index (χ3n) is 6.43. The van der Waals surface area contributed by atoms with Gasteiger partial charge in [0, 0.05) is 17.6 Å².